The third-order valence-corrected chi connectivity index (χ3v) is 3.50. The molecule has 1 aliphatic heterocycles. The van der Waals surface area contributed by atoms with Crippen LogP contribution < -0.4 is 10.0 Å². The van der Waals surface area contributed by atoms with Crippen molar-refractivity contribution in [3.63, 3.8) is 0 Å². The van der Waals surface area contributed by atoms with Crippen molar-refractivity contribution in [3.05, 3.63) is 0 Å². The molecular weight excluding hydrogens is 240 g/mol. The van der Waals surface area contributed by atoms with Gasteiger partial charge in [0.1, 0.15) is 0 Å². The predicted octanol–water partition coefficient (Wildman–Crippen LogP) is -0.274. The van der Waals surface area contributed by atoms with E-state index in [0.717, 1.165) is 19.5 Å². The third kappa shape index (κ3) is 6.32. The van der Waals surface area contributed by atoms with Gasteiger partial charge in [0, 0.05) is 19.2 Å². The van der Waals surface area contributed by atoms with Gasteiger partial charge in [-0.3, -0.25) is 0 Å². The number of ether oxygens (including phenoxy) is 1. The molecule has 1 atom stereocenters. The molecule has 0 aliphatic carbocycles. The smallest absolute Gasteiger partial charge is 0.214 e. The highest BCUT2D eigenvalue weighted by Gasteiger charge is 2.20. The van der Waals surface area contributed by atoms with E-state index in [0.29, 0.717) is 6.61 Å². The molecule has 0 spiro atoms. The van der Waals surface area contributed by atoms with Crippen LogP contribution in [0, 0.1) is 0 Å². The number of hydrogen-bond donors (Lipinski definition) is 2. The largest absolute Gasteiger partial charge is 0.381 e. The Hall–Kier alpha value is 0.120. The summed E-state index contributed by atoms with van der Waals surface area (Å²) >= 11 is 0. The molecule has 2 N–H and O–H groups in total. The van der Waals surface area contributed by atoms with Crippen molar-refractivity contribution in [1.82, 2.24) is 10.0 Å². The fourth-order valence-electron chi connectivity index (χ4n) is 1.38. The third-order valence-electron chi connectivity index (χ3n) is 2.11. The van der Waals surface area contributed by atoms with Gasteiger partial charge in [-0.25, -0.2) is 13.1 Å². The van der Waals surface area contributed by atoms with Crippen LogP contribution in [-0.2, 0) is 14.8 Å². The number of hydrogen-bond acceptors (Lipinski definition) is 4. The second-order valence-electron chi connectivity index (χ2n) is 3.32. The first-order valence-electron chi connectivity index (χ1n) is 4.92. The molecule has 0 aromatic heterocycles. The zero-order valence-corrected chi connectivity index (χ0v) is 10.5. The highest BCUT2D eigenvalue weighted by molar-refractivity contribution is 7.89. The quantitative estimate of drug-likeness (QED) is 0.644. The van der Waals surface area contributed by atoms with Crippen LogP contribution in [0.3, 0.4) is 0 Å². The lowest BCUT2D eigenvalue weighted by Gasteiger charge is -2.11. The predicted molar refractivity (Wildman–Crippen MR) is 61.9 cm³/mol. The Kier molecular flexibility index (Phi) is 7.46. The molecule has 15 heavy (non-hydrogen) atoms. The van der Waals surface area contributed by atoms with Crippen molar-refractivity contribution in [2.24, 2.45) is 0 Å². The minimum absolute atomic E-state index is 0. The summed E-state index contributed by atoms with van der Waals surface area (Å²) in [4.78, 5) is 0. The van der Waals surface area contributed by atoms with Crippen LogP contribution in [0.15, 0.2) is 0 Å². The van der Waals surface area contributed by atoms with E-state index in [1.807, 2.05) is 6.92 Å². The van der Waals surface area contributed by atoms with Gasteiger partial charge in [-0.05, 0) is 19.9 Å². The SMILES string of the molecule is CCOCCS(=O)(=O)NC1CCNC1.Cl. The van der Waals surface area contributed by atoms with E-state index >= 15 is 0 Å². The van der Waals surface area contributed by atoms with Crippen molar-refractivity contribution in [2.45, 2.75) is 19.4 Å². The highest BCUT2D eigenvalue weighted by Crippen LogP contribution is 1.99. The molecule has 5 nitrogen and oxygen atoms in total. The van der Waals surface area contributed by atoms with Crippen LogP contribution in [0.4, 0.5) is 0 Å². The van der Waals surface area contributed by atoms with E-state index < -0.39 is 10.0 Å². The van der Waals surface area contributed by atoms with Gasteiger partial charge in [-0.1, -0.05) is 0 Å². The van der Waals surface area contributed by atoms with Crippen LogP contribution in [0.2, 0.25) is 0 Å². The Bertz CT molecular complexity index is 253. The average Bonchev–Trinajstić information content (AvgIpc) is 2.56. The van der Waals surface area contributed by atoms with E-state index in [1.54, 1.807) is 0 Å². The monoisotopic (exact) mass is 258 g/mol. The van der Waals surface area contributed by atoms with Gasteiger partial charge in [0.05, 0.1) is 12.4 Å². The van der Waals surface area contributed by atoms with E-state index in [1.165, 1.54) is 0 Å². The molecule has 0 radical (unpaired) electrons. The van der Waals surface area contributed by atoms with E-state index in [4.69, 9.17) is 4.74 Å². The first-order valence-corrected chi connectivity index (χ1v) is 6.58. The van der Waals surface area contributed by atoms with Gasteiger partial charge in [0.25, 0.3) is 0 Å². The lowest BCUT2D eigenvalue weighted by atomic mass is 10.3. The molecule has 0 aromatic carbocycles. The average molecular weight is 259 g/mol. The normalized spacial score (nSPS) is 21.3. The van der Waals surface area contributed by atoms with E-state index in [2.05, 4.69) is 10.0 Å². The zero-order chi connectivity index (χ0) is 10.4. The lowest BCUT2D eigenvalue weighted by Crippen LogP contribution is -2.38. The first-order chi connectivity index (χ1) is 6.64. The van der Waals surface area contributed by atoms with Crippen LogP contribution in [0.25, 0.3) is 0 Å². The summed E-state index contributed by atoms with van der Waals surface area (Å²) in [6, 6.07) is 0.0571. The molecular formula is C8H19ClN2O3S. The highest BCUT2D eigenvalue weighted by atomic mass is 35.5. The Morgan fingerprint density at radius 2 is 2.27 bits per heavy atom. The van der Waals surface area contributed by atoms with Gasteiger partial charge >= 0.3 is 0 Å². The van der Waals surface area contributed by atoms with E-state index in [9.17, 15) is 8.42 Å². The molecule has 92 valence electrons. The van der Waals surface area contributed by atoms with Crippen LogP contribution >= 0.6 is 12.4 Å². The van der Waals surface area contributed by atoms with Gasteiger partial charge < -0.3 is 10.1 Å². The summed E-state index contributed by atoms with van der Waals surface area (Å²) in [6.07, 6.45) is 0.869. The maximum absolute atomic E-state index is 11.4. The zero-order valence-electron chi connectivity index (χ0n) is 8.86. The Labute approximate surface area is 97.4 Å². The fraction of sp³-hybridized carbons (Fsp3) is 1.00. The molecule has 0 saturated carbocycles. The first kappa shape index (κ1) is 15.1. The number of nitrogens with one attached hydrogen (secondary N) is 2. The summed E-state index contributed by atoms with van der Waals surface area (Å²) in [6.45, 7) is 4.29. The second kappa shape index (κ2) is 7.40. The second-order valence-corrected chi connectivity index (χ2v) is 5.20. The van der Waals surface area contributed by atoms with Crippen LogP contribution in [0.1, 0.15) is 13.3 Å². The minimum Gasteiger partial charge on any atom is -0.381 e. The Morgan fingerprint density at radius 1 is 1.53 bits per heavy atom. The Morgan fingerprint density at radius 3 is 2.80 bits per heavy atom. The summed E-state index contributed by atoms with van der Waals surface area (Å²) in [5, 5.41) is 3.10. The van der Waals surface area contributed by atoms with Gasteiger partial charge in [-0.2, -0.15) is 0 Å². The van der Waals surface area contributed by atoms with E-state index in [-0.39, 0.29) is 30.8 Å². The maximum atomic E-state index is 11.4. The summed E-state index contributed by atoms with van der Waals surface area (Å²) in [7, 11) is -3.15. The molecule has 1 saturated heterocycles. The summed E-state index contributed by atoms with van der Waals surface area (Å²) in [5.74, 6) is 0.0529. The topological polar surface area (TPSA) is 67.4 Å². The Balaban J connectivity index is 0.00000196. The van der Waals surface area contributed by atoms with Crippen molar-refractivity contribution in [2.75, 3.05) is 32.1 Å². The molecule has 0 bridgehead atoms. The molecule has 7 heteroatoms. The lowest BCUT2D eigenvalue weighted by molar-refractivity contribution is 0.163. The summed E-state index contributed by atoms with van der Waals surface area (Å²) in [5.41, 5.74) is 0. The number of sulfonamides is 1. The molecule has 1 heterocycles. The number of rotatable bonds is 6. The van der Waals surface area contributed by atoms with Gasteiger partial charge in [-0.15, -0.1) is 12.4 Å². The van der Waals surface area contributed by atoms with Crippen molar-refractivity contribution in [1.29, 1.82) is 0 Å². The van der Waals surface area contributed by atoms with Crippen LogP contribution in [0.5, 0.6) is 0 Å². The summed E-state index contributed by atoms with van der Waals surface area (Å²) < 4.78 is 30.5. The molecule has 1 fully saturated rings. The maximum Gasteiger partial charge on any atom is 0.214 e. The van der Waals surface area contributed by atoms with Crippen molar-refractivity contribution < 1.29 is 13.2 Å². The van der Waals surface area contributed by atoms with Crippen molar-refractivity contribution >= 4 is 22.4 Å². The van der Waals surface area contributed by atoms with Crippen LogP contribution in [-0.4, -0.2) is 46.5 Å². The van der Waals surface area contributed by atoms with Gasteiger partial charge in [0.2, 0.25) is 10.0 Å². The number of halogens is 1. The van der Waals surface area contributed by atoms with Crippen molar-refractivity contribution in [3.8, 4) is 0 Å². The molecule has 0 amide bonds. The molecule has 1 rings (SSSR count). The minimum atomic E-state index is -3.15. The standard InChI is InChI=1S/C8H18N2O3S.ClH/c1-2-13-5-6-14(11,12)10-8-3-4-9-7-8;/h8-10H,2-7H2,1H3;1H. The molecule has 0 aromatic rings. The molecule has 1 aliphatic rings. The van der Waals surface area contributed by atoms with Gasteiger partial charge in [0.15, 0.2) is 0 Å². The fourth-order valence-corrected chi connectivity index (χ4v) is 2.55. The molecule has 1 unspecified atom stereocenters.